The molecule has 0 bridgehead atoms. The number of carbonyl (C=O) groups excluding carboxylic acids is 2. The Bertz CT molecular complexity index is 885. The molecule has 8 heteroatoms. The first kappa shape index (κ1) is 18.4. The summed E-state index contributed by atoms with van der Waals surface area (Å²) < 4.78 is 19.4. The first-order valence-electron chi connectivity index (χ1n) is 8.09. The van der Waals surface area contributed by atoms with E-state index in [0.717, 1.165) is 13.0 Å². The van der Waals surface area contributed by atoms with Crippen LogP contribution in [0.4, 0.5) is 4.39 Å². The molecule has 0 aliphatic heterocycles. The summed E-state index contributed by atoms with van der Waals surface area (Å²) in [5.41, 5.74) is -0.0590. The van der Waals surface area contributed by atoms with Gasteiger partial charge in [0.05, 0.1) is 22.7 Å². The van der Waals surface area contributed by atoms with Gasteiger partial charge in [-0.2, -0.15) is 0 Å². The smallest absolute Gasteiger partial charge is 0.232 e. The summed E-state index contributed by atoms with van der Waals surface area (Å²) in [6, 6.07) is 4.12. The van der Waals surface area contributed by atoms with E-state index in [1.165, 1.54) is 18.2 Å². The Labute approximate surface area is 154 Å². The minimum Gasteiger partial charge on any atom is -0.432 e. The predicted octanol–water partition coefficient (Wildman–Crippen LogP) is 3.30. The molecule has 26 heavy (non-hydrogen) atoms. The van der Waals surface area contributed by atoms with Gasteiger partial charge in [0.15, 0.2) is 5.69 Å². The molecule has 3 rings (SSSR count). The van der Waals surface area contributed by atoms with Crippen molar-refractivity contribution in [3.05, 3.63) is 40.5 Å². The van der Waals surface area contributed by atoms with E-state index in [9.17, 15) is 14.0 Å². The average molecular weight is 378 g/mol. The molecule has 136 valence electrons. The van der Waals surface area contributed by atoms with Crippen LogP contribution in [-0.4, -0.2) is 54.3 Å². The highest BCUT2D eigenvalue weighted by Gasteiger charge is 2.35. The van der Waals surface area contributed by atoms with Crippen LogP contribution in [0.5, 0.6) is 0 Å². The van der Waals surface area contributed by atoms with Crippen LogP contribution in [-0.2, 0) is 0 Å². The number of oxazole rings is 1. The van der Waals surface area contributed by atoms with Crippen LogP contribution in [0.25, 0.3) is 11.5 Å². The number of halogens is 2. The molecule has 1 aliphatic carbocycles. The molecule has 1 heterocycles. The fraction of sp³-hybridized carbons (Fsp3) is 0.333. The van der Waals surface area contributed by atoms with Crippen LogP contribution in [0, 0.1) is 5.82 Å². The number of rotatable bonds is 5. The van der Waals surface area contributed by atoms with Crippen LogP contribution < -0.4 is 0 Å². The minimum absolute atomic E-state index is 0.0753. The van der Waals surface area contributed by atoms with E-state index in [-0.39, 0.29) is 40.1 Å². The van der Waals surface area contributed by atoms with Gasteiger partial charge in [-0.25, -0.2) is 9.37 Å². The Morgan fingerprint density at radius 3 is 2.81 bits per heavy atom. The highest BCUT2D eigenvalue weighted by atomic mass is 35.5. The molecule has 0 saturated carbocycles. The maximum Gasteiger partial charge on any atom is 0.232 e. The van der Waals surface area contributed by atoms with E-state index in [4.69, 9.17) is 16.0 Å². The molecule has 0 atom stereocenters. The van der Waals surface area contributed by atoms with Gasteiger partial charge >= 0.3 is 0 Å². The number of Topliss-reactive ketones (excluding diaryl/α,β-unsaturated/α-hetero) is 2. The molecule has 0 fully saturated rings. The van der Waals surface area contributed by atoms with E-state index in [2.05, 4.69) is 9.98 Å². The highest BCUT2D eigenvalue weighted by molar-refractivity contribution is 6.52. The lowest BCUT2D eigenvalue weighted by Crippen LogP contribution is -2.27. The summed E-state index contributed by atoms with van der Waals surface area (Å²) in [7, 11) is 3.89. The predicted molar refractivity (Wildman–Crippen MR) is 95.7 cm³/mol. The van der Waals surface area contributed by atoms with Crippen molar-refractivity contribution in [1.29, 1.82) is 0 Å². The first-order valence-corrected chi connectivity index (χ1v) is 8.47. The van der Waals surface area contributed by atoms with Gasteiger partial charge in [-0.15, -0.1) is 0 Å². The van der Waals surface area contributed by atoms with Crippen molar-refractivity contribution in [2.45, 2.75) is 12.8 Å². The van der Waals surface area contributed by atoms with E-state index < -0.39 is 17.4 Å². The number of hydrogen-bond donors (Lipinski definition) is 0. The zero-order valence-corrected chi connectivity index (χ0v) is 15.1. The molecule has 0 amide bonds. The number of fused-ring (bicyclic) bond motifs is 1. The van der Waals surface area contributed by atoms with Gasteiger partial charge in [0.25, 0.3) is 0 Å². The number of aromatic nitrogens is 1. The van der Waals surface area contributed by atoms with Crippen LogP contribution >= 0.6 is 11.6 Å². The molecule has 1 aliphatic rings. The molecule has 0 spiro atoms. The Morgan fingerprint density at radius 2 is 2.12 bits per heavy atom. The number of ketones is 2. The summed E-state index contributed by atoms with van der Waals surface area (Å²) >= 11 is 6.00. The molecule has 1 aromatic heterocycles. The van der Waals surface area contributed by atoms with Gasteiger partial charge in [-0.05, 0) is 39.2 Å². The second kappa shape index (κ2) is 7.47. The zero-order valence-electron chi connectivity index (χ0n) is 14.4. The van der Waals surface area contributed by atoms with Crippen molar-refractivity contribution in [1.82, 2.24) is 9.88 Å². The standard InChI is InChI=1S/C18H17ClFN3O3/c1-23(2)8-4-7-21-12-9-13(24)17-15(16(12)25)22-18(26-17)14-10(19)5-3-6-11(14)20/h3,5-6H,4,7-9H2,1-2H3. The Hall–Kier alpha value is -2.38. The fourth-order valence-electron chi connectivity index (χ4n) is 2.65. The fourth-order valence-corrected chi connectivity index (χ4v) is 2.89. The summed E-state index contributed by atoms with van der Waals surface area (Å²) in [6.07, 6.45) is 0.618. The number of hydrogen-bond acceptors (Lipinski definition) is 6. The van der Waals surface area contributed by atoms with Crippen molar-refractivity contribution in [3.63, 3.8) is 0 Å². The Balaban J connectivity index is 1.91. The van der Waals surface area contributed by atoms with Crippen molar-refractivity contribution in [2.75, 3.05) is 27.2 Å². The molecule has 6 nitrogen and oxygen atoms in total. The third kappa shape index (κ3) is 3.59. The number of nitrogens with zero attached hydrogens (tertiary/aromatic N) is 3. The van der Waals surface area contributed by atoms with Crippen molar-refractivity contribution >= 4 is 28.9 Å². The Kier molecular flexibility index (Phi) is 5.29. The van der Waals surface area contributed by atoms with Gasteiger partial charge in [0.1, 0.15) is 5.82 Å². The lowest BCUT2D eigenvalue weighted by atomic mass is 9.97. The summed E-state index contributed by atoms with van der Waals surface area (Å²) in [4.78, 5) is 35.1. The molecule has 0 unspecified atom stereocenters. The minimum atomic E-state index is -0.645. The van der Waals surface area contributed by atoms with Crippen molar-refractivity contribution in [2.24, 2.45) is 4.99 Å². The quantitative estimate of drug-likeness (QED) is 0.747. The largest absolute Gasteiger partial charge is 0.432 e. The lowest BCUT2D eigenvalue weighted by Gasteiger charge is -2.10. The maximum atomic E-state index is 14.1. The molecule has 1 aromatic carbocycles. The van der Waals surface area contributed by atoms with Crippen molar-refractivity contribution < 1.29 is 18.4 Å². The molecule has 0 radical (unpaired) electrons. The Morgan fingerprint density at radius 1 is 1.35 bits per heavy atom. The van der Waals surface area contributed by atoms with Gasteiger partial charge in [0.2, 0.25) is 23.2 Å². The molecular formula is C18H17ClFN3O3. The number of carbonyl (C=O) groups is 2. The van der Waals surface area contributed by atoms with Gasteiger partial charge in [-0.3, -0.25) is 14.6 Å². The maximum absolute atomic E-state index is 14.1. The van der Waals surface area contributed by atoms with E-state index in [0.29, 0.717) is 6.54 Å². The third-order valence-corrected chi connectivity index (χ3v) is 4.24. The van der Waals surface area contributed by atoms with Crippen LogP contribution in [0.1, 0.15) is 33.9 Å². The van der Waals surface area contributed by atoms with Crippen LogP contribution in [0.2, 0.25) is 5.02 Å². The number of benzene rings is 1. The van der Waals surface area contributed by atoms with E-state index in [1.54, 1.807) is 0 Å². The first-order chi connectivity index (χ1) is 12.4. The third-order valence-electron chi connectivity index (χ3n) is 3.93. The SMILES string of the molecule is CN(C)CCCN=C1CC(=O)c2oc(-c3c(F)cccc3Cl)nc2C1=O. The number of aliphatic imine (C=N–C) groups is 1. The van der Waals surface area contributed by atoms with Gasteiger partial charge in [0, 0.05) is 6.54 Å². The van der Waals surface area contributed by atoms with Crippen LogP contribution in [0.3, 0.4) is 0 Å². The van der Waals surface area contributed by atoms with Gasteiger partial charge < -0.3 is 9.32 Å². The topological polar surface area (TPSA) is 75.8 Å². The summed E-state index contributed by atoms with van der Waals surface area (Å²) in [5.74, 6) is -1.87. The van der Waals surface area contributed by atoms with Crippen molar-refractivity contribution in [3.8, 4) is 11.5 Å². The second-order valence-electron chi connectivity index (χ2n) is 6.21. The normalized spacial score (nSPS) is 15.8. The van der Waals surface area contributed by atoms with Gasteiger partial charge in [-0.1, -0.05) is 17.7 Å². The second-order valence-corrected chi connectivity index (χ2v) is 6.61. The molecule has 2 aromatic rings. The monoisotopic (exact) mass is 377 g/mol. The van der Waals surface area contributed by atoms with E-state index in [1.807, 2.05) is 19.0 Å². The summed E-state index contributed by atoms with van der Waals surface area (Å²) in [6.45, 7) is 1.26. The highest BCUT2D eigenvalue weighted by Crippen LogP contribution is 2.33. The average Bonchev–Trinajstić information content (AvgIpc) is 3.01. The molecule has 0 saturated heterocycles. The summed E-state index contributed by atoms with van der Waals surface area (Å²) in [5, 5.41) is 0.0843. The molecule has 0 N–H and O–H groups in total. The lowest BCUT2D eigenvalue weighted by molar-refractivity contribution is 0.0940. The van der Waals surface area contributed by atoms with Crippen LogP contribution in [0.15, 0.2) is 27.6 Å². The zero-order chi connectivity index (χ0) is 18.8. The van der Waals surface area contributed by atoms with E-state index >= 15 is 0 Å². The molecular weight excluding hydrogens is 361 g/mol.